The molecule has 0 radical (unpaired) electrons. The van der Waals surface area contributed by atoms with E-state index in [2.05, 4.69) is 5.32 Å². The van der Waals surface area contributed by atoms with Crippen molar-refractivity contribution in [3.8, 4) is 0 Å². The maximum Gasteiger partial charge on any atom is 0.0587 e. The van der Waals surface area contributed by atoms with Gasteiger partial charge in [-0.3, -0.25) is 0 Å². The molecule has 0 spiro atoms. The van der Waals surface area contributed by atoms with Crippen LogP contribution < -0.4 is 11.1 Å². The van der Waals surface area contributed by atoms with Crippen molar-refractivity contribution in [2.24, 2.45) is 17.6 Å². The van der Waals surface area contributed by atoms with E-state index >= 15 is 0 Å². The van der Waals surface area contributed by atoms with Crippen LogP contribution in [-0.4, -0.2) is 33.4 Å². The average molecular weight is 186 g/mol. The quantitative estimate of drug-likeness (QED) is 0.597. The second kappa shape index (κ2) is 6.35. The van der Waals surface area contributed by atoms with Crippen molar-refractivity contribution in [2.45, 2.75) is 19.3 Å². The van der Waals surface area contributed by atoms with E-state index in [1.54, 1.807) is 7.11 Å². The summed E-state index contributed by atoms with van der Waals surface area (Å²) >= 11 is 0. The van der Waals surface area contributed by atoms with E-state index in [9.17, 15) is 0 Å². The van der Waals surface area contributed by atoms with Gasteiger partial charge in [0.2, 0.25) is 0 Å². The van der Waals surface area contributed by atoms with E-state index in [1.807, 2.05) is 0 Å². The highest BCUT2D eigenvalue weighted by Crippen LogP contribution is 2.29. The molecule has 3 N–H and O–H groups in total. The van der Waals surface area contributed by atoms with Gasteiger partial charge in [0, 0.05) is 13.7 Å². The molecule has 0 amide bonds. The Balaban J connectivity index is 2.06. The summed E-state index contributed by atoms with van der Waals surface area (Å²) in [6.45, 7) is 3.74. The number of ether oxygens (including phenoxy) is 1. The summed E-state index contributed by atoms with van der Waals surface area (Å²) in [6, 6.07) is 0. The van der Waals surface area contributed by atoms with Crippen molar-refractivity contribution in [3.63, 3.8) is 0 Å². The molecule has 1 aliphatic rings. The summed E-state index contributed by atoms with van der Waals surface area (Å²) in [7, 11) is 1.74. The minimum atomic E-state index is 0.759. The second-order valence-electron chi connectivity index (χ2n) is 3.88. The lowest BCUT2D eigenvalue weighted by atomic mass is 9.96. The van der Waals surface area contributed by atoms with E-state index in [0.29, 0.717) is 0 Å². The molecular formula is C10H22N2O. The van der Waals surface area contributed by atoms with Gasteiger partial charge in [0.25, 0.3) is 0 Å². The van der Waals surface area contributed by atoms with Gasteiger partial charge >= 0.3 is 0 Å². The molecule has 2 unspecified atom stereocenters. The molecule has 3 heteroatoms. The molecule has 1 fully saturated rings. The first kappa shape index (κ1) is 11.0. The first-order valence-electron chi connectivity index (χ1n) is 5.28. The monoisotopic (exact) mass is 186 g/mol. The highest BCUT2D eigenvalue weighted by molar-refractivity contribution is 4.79. The molecule has 0 aromatic heterocycles. The molecule has 0 saturated heterocycles. The van der Waals surface area contributed by atoms with Gasteiger partial charge in [0.05, 0.1) is 6.61 Å². The molecule has 0 aromatic carbocycles. The normalized spacial score (nSPS) is 28.2. The van der Waals surface area contributed by atoms with Gasteiger partial charge in [-0.1, -0.05) is 6.42 Å². The topological polar surface area (TPSA) is 47.3 Å². The minimum absolute atomic E-state index is 0.759. The molecule has 1 rings (SSSR count). The van der Waals surface area contributed by atoms with E-state index in [4.69, 9.17) is 10.5 Å². The number of hydrogen-bond donors (Lipinski definition) is 2. The zero-order chi connectivity index (χ0) is 9.52. The Morgan fingerprint density at radius 3 is 2.85 bits per heavy atom. The van der Waals surface area contributed by atoms with Crippen molar-refractivity contribution < 1.29 is 4.74 Å². The van der Waals surface area contributed by atoms with Crippen LogP contribution >= 0.6 is 0 Å². The number of methoxy groups -OCH3 is 1. The van der Waals surface area contributed by atoms with Crippen LogP contribution in [0.1, 0.15) is 19.3 Å². The zero-order valence-corrected chi connectivity index (χ0v) is 8.59. The van der Waals surface area contributed by atoms with Crippen molar-refractivity contribution in [1.29, 1.82) is 0 Å². The standard InChI is InChI=1S/C10H22N2O/c1-13-6-5-12-8-10-4-2-3-9(10)7-11/h9-10,12H,2-8,11H2,1H3. The molecule has 0 heterocycles. The van der Waals surface area contributed by atoms with E-state index in [0.717, 1.165) is 38.1 Å². The Morgan fingerprint density at radius 1 is 1.38 bits per heavy atom. The summed E-state index contributed by atoms with van der Waals surface area (Å²) in [6.07, 6.45) is 4.04. The fourth-order valence-electron chi connectivity index (χ4n) is 2.15. The molecule has 78 valence electrons. The van der Waals surface area contributed by atoms with E-state index in [-0.39, 0.29) is 0 Å². The van der Waals surface area contributed by atoms with Crippen LogP contribution in [0.15, 0.2) is 0 Å². The smallest absolute Gasteiger partial charge is 0.0587 e. The van der Waals surface area contributed by atoms with Gasteiger partial charge in [-0.05, 0) is 37.8 Å². The van der Waals surface area contributed by atoms with Gasteiger partial charge in [0.1, 0.15) is 0 Å². The van der Waals surface area contributed by atoms with Gasteiger partial charge in [-0.2, -0.15) is 0 Å². The molecule has 3 nitrogen and oxygen atoms in total. The van der Waals surface area contributed by atoms with Crippen LogP contribution in [0.25, 0.3) is 0 Å². The van der Waals surface area contributed by atoms with Crippen LogP contribution in [0, 0.1) is 11.8 Å². The third-order valence-corrected chi connectivity index (χ3v) is 3.01. The van der Waals surface area contributed by atoms with Crippen molar-refractivity contribution in [1.82, 2.24) is 5.32 Å². The predicted octanol–water partition coefficient (Wildman–Crippen LogP) is 0.597. The van der Waals surface area contributed by atoms with Crippen molar-refractivity contribution in [2.75, 3.05) is 33.4 Å². The first-order chi connectivity index (χ1) is 6.38. The fraction of sp³-hybridized carbons (Fsp3) is 1.00. The van der Waals surface area contributed by atoms with Gasteiger partial charge in [0.15, 0.2) is 0 Å². The highest BCUT2D eigenvalue weighted by Gasteiger charge is 2.25. The lowest BCUT2D eigenvalue weighted by Crippen LogP contribution is -2.30. The van der Waals surface area contributed by atoms with Gasteiger partial charge < -0.3 is 15.8 Å². The van der Waals surface area contributed by atoms with Crippen LogP contribution in [0.3, 0.4) is 0 Å². The number of rotatable bonds is 6. The lowest BCUT2D eigenvalue weighted by Gasteiger charge is -2.18. The number of nitrogens with two attached hydrogens (primary N) is 1. The summed E-state index contributed by atoms with van der Waals surface area (Å²) < 4.78 is 4.97. The Morgan fingerprint density at radius 2 is 2.15 bits per heavy atom. The summed E-state index contributed by atoms with van der Waals surface area (Å²) in [4.78, 5) is 0. The molecule has 1 saturated carbocycles. The highest BCUT2D eigenvalue weighted by atomic mass is 16.5. The molecule has 13 heavy (non-hydrogen) atoms. The zero-order valence-electron chi connectivity index (χ0n) is 8.59. The van der Waals surface area contributed by atoms with Crippen molar-refractivity contribution in [3.05, 3.63) is 0 Å². The summed E-state index contributed by atoms with van der Waals surface area (Å²) in [5, 5.41) is 3.41. The third-order valence-electron chi connectivity index (χ3n) is 3.01. The fourth-order valence-corrected chi connectivity index (χ4v) is 2.15. The second-order valence-corrected chi connectivity index (χ2v) is 3.88. The van der Waals surface area contributed by atoms with Crippen molar-refractivity contribution >= 4 is 0 Å². The van der Waals surface area contributed by atoms with Gasteiger partial charge in [-0.25, -0.2) is 0 Å². The molecular weight excluding hydrogens is 164 g/mol. The average Bonchev–Trinajstić information content (AvgIpc) is 2.60. The Bertz CT molecular complexity index is 130. The predicted molar refractivity (Wildman–Crippen MR) is 54.6 cm³/mol. The number of nitrogens with one attached hydrogen (secondary N) is 1. The maximum absolute atomic E-state index is 5.70. The Labute approximate surface area is 81.0 Å². The molecule has 0 bridgehead atoms. The lowest BCUT2D eigenvalue weighted by molar-refractivity contribution is 0.196. The number of hydrogen-bond acceptors (Lipinski definition) is 3. The van der Waals surface area contributed by atoms with Crippen LogP contribution in [0.2, 0.25) is 0 Å². The van der Waals surface area contributed by atoms with E-state index < -0.39 is 0 Å². The first-order valence-corrected chi connectivity index (χ1v) is 5.28. The van der Waals surface area contributed by atoms with E-state index in [1.165, 1.54) is 19.3 Å². The molecule has 1 aliphatic carbocycles. The Hall–Kier alpha value is -0.120. The summed E-state index contributed by atoms with van der Waals surface area (Å²) in [5.41, 5.74) is 5.70. The van der Waals surface area contributed by atoms with Crippen LogP contribution in [0.5, 0.6) is 0 Å². The largest absolute Gasteiger partial charge is 0.383 e. The maximum atomic E-state index is 5.70. The molecule has 0 aromatic rings. The molecule has 2 atom stereocenters. The SMILES string of the molecule is COCCNCC1CCCC1CN. The minimum Gasteiger partial charge on any atom is -0.383 e. The third kappa shape index (κ3) is 3.63. The molecule has 0 aliphatic heterocycles. The van der Waals surface area contributed by atoms with Gasteiger partial charge in [-0.15, -0.1) is 0 Å². The Kier molecular flexibility index (Phi) is 5.35. The van der Waals surface area contributed by atoms with Crippen LogP contribution in [-0.2, 0) is 4.74 Å². The van der Waals surface area contributed by atoms with Crippen LogP contribution in [0.4, 0.5) is 0 Å². The summed E-state index contributed by atoms with van der Waals surface area (Å²) in [5.74, 6) is 1.57.